The van der Waals surface area contributed by atoms with Crippen LogP contribution in [0.5, 0.6) is 0 Å². The molecule has 3 heteroatoms. The van der Waals surface area contributed by atoms with Gasteiger partial charge in [0.05, 0.1) is 5.69 Å². The summed E-state index contributed by atoms with van der Waals surface area (Å²) in [6, 6.07) is 14.8. The third kappa shape index (κ3) is 12.0. The van der Waals surface area contributed by atoms with Gasteiger partial charge in [0.25, 0.3) is 0 Å². The summed E-state index contributed by atoms with van der Waals surface area (Å²) in [5.74, 6) is 2.20. The Bertz CT molecular complexity index is 1090. The molecule has 218 valence electrons. The lowest BCUT2D eigenvalue weighted by atomic mass is 9.69. The van der Waals surface area contributed by atoms with Crippen LogP contribution < -0.4 is 5.32 Å². The van der Waals surface area contributed by atoms with Gasteiger partial charge in [-0.1, -0.05) is 91.8 Å². The van der Waals surface area contributed by atoms with Crippen molar-refractivity contribution < 1.29 is 4.39 Å². The van der Waals surface area contributed by atoms with Gasteiger partial charge >= 0.3 is 0 Å². The van der Waals surface area contributed by atoms with Crippen LogP contribution in [0.25, 0.3) is 10.9 Å². The lowest BCUT2D eigenvalue weighted by Crippen LogP contribution is -2.23. The molecular weight excluding hydrogens is 479 g/mol. The molecule has 0 radical (unpaired) electrons. The van der Waals surface area contributed by atoms with Crippen LogP contribution in [0.2, 0.25) is 0 Å². The molecular formula is C36H57FN2. The highest BCUT2D eigenvalue weighted by molar-refractivity contribution is 5.92. The molecule has 39 heavy (non-hydrogen) atoms. The lowest BCUT2D eigenvalue weighted by Gasteiger charge is -2.36. The van der Waals surface area contributed by atoms with E-state index in [-0.39, 0.29) is 0 Å². The number of allylic oxidation sites excluding steroid dienone is 1. The molecule has 1 aliphatic carbocycles. The van der Waals surface area contributed by atoms with E-state index in [4.69, 9.17) is 0 Å². The maximum atomic E-state index is 14.0. The SMILES string of the molecule is C=CCC(C)(C)C.CC.CC(C)C.CNc1c[nH]c2ccc(CC3CC(c4ccc(C(C)(C)F)cc4)C3)cc12. The number of fused-ring (bicyclic) bond motifs is 1. The maximum Gasteiger partial charge on any atom is 0.130 e. The minimum absolute atomic E-state index is 0.432. The molecule has 0 bridgehead atoms. The van der Waals surface area contributed by atoms with Crippen molar-refractivity contribution in [1.29, 1.82) is 0 Å². The van der Waals surface area contributed by atoms with Gasteiger partial charge in [-0.15, -0.1) is 6.58 Å². The third-order valence-corrected chi connectivity index (χ3v) is 6.60. The summed E-state index contributed by atoms with van der Waals surface area (Å²) in [7, 11) is 1.96. The summed E-state index contributed by atoms with van der Waals surface area (Å²) in [5, 5.41) is 4.51. The standard InChI is InChI=1S/C23H27FN2.C7H14.C4H10.C2H6/c1-23(2,24)19-7-5-17(6-8-19)18-11-16(12-18)10-15-4-9-21-20(13-15)22(25-3)14-26-21;1-5-6-7(2,3)4;1-4(2)3;1-2/h4-9,13-14,16,18,25-26H,10-12H2,1-3H3;5H,1,6H2,2-4H3;4H,1-3H3;1-2H3. The molecule has 0 saturated heterocycles. The molecule has 1 aromatic heterocycles. The van der Waals surface area contributed by atoms with Crippen molar-refractivity contribution in [3.05, 3.63) is 78.0 Å². The zero-order valence-corrected chi connectivity index (χ0v) is 26.8. The normalized spacial score (nSPS) is 16.5. The van der Waals surface area contributed by atoms with E-state index >= 15 is 0 Å². The number of hydrogen-bond donors (Lipinski definition) is 2. The number of aromatic amines is 1. The van der Waals surface area contributed by atoms with E-state index in [0.717, 1.165) is 35.9 Å². The number of alkyl halides is 1. The summed E-state index contributed by atoms with van der Waals surface area (Å²) in [5.41, 5.74) is 5.03. The zero-order chi connectivity index (χ0) is 29.8. The Hall–Kier alpha value is -2.55. The first kappa shape index (κ1) is 34.5. The summed E-state index contributed by atoms with van der Waals surface area (Å²) < 4.78 is 14.0. The van der Waals surface area contributed by atoms with Crippen LogP contribution in [-0.2, 0) is 12.1 Å². The second kappa shape index (κ2) is 15.9. The molecule has 1 saturated carbocycles. The number of aromatic nitrogens is 1. The summed E-state index contributed by atoms with van der Waals surface area (Å²) >= 11 is 0. The smallest absolute Gasteiger partial charge is 0.130 e. The molecule has 2 nitrogen and oxygen atoms in total. The molecule has 2 N–H and O–H groups in total. The van der Waals surface area contributed by atoms with Gasteiger partial charge < -0.3 is 10.3 Å². The number of hydrogen-bond acceptors (Lipinski definition) is 1. The first-order valence-corrected chi connectivity index (χ1v) is 14.9. The highest BCUT2D eigenvalue weighted by Crippen LogP contribution is 2.44. The molecule has 1 fully saturated rings. The third-order valence-electron chi connectivity index (χ3n) is 6.60. The Morgan fingerprint density at radius 2 is 1.56 bits per heavy atom. The van der Waals surface area contributed by atoms with Gasteiger partial charge in [0.15, 0.2) is 0 Å². The largest absolute Gasteiger partial charge is 0.386 e. The summed E-state index contributed by atoms with van der Waals surface area (Å²) in [4.78, 5) is 3.30. The van der Waals surface area contributed by atoms with Crippen molar-refractivity contribution in [2.45, 2.75) is 107 Å². The van der Waals surface area contributed by atoms with E-state index in [0.29, 0.717) is 11.3 Å². The number of halogens is 1. The highest BCUT2D eigenvalue weighted by Gasteiger charge is 2.30. The van der Waals surface area contributed by atoms with E-state index in [1.165, 1.54) is 34.9 Å². The molecule has 0 unspecified atom stereocenters. The second-order valence-corrected chi connectivity index (χ2v) is 13.0. The Morgan fingerprint density at radius 3 is 2.00 bits per heavy atom. The van der Waals surface area contributed by atoms with Gasteiger partial charge in [0.1, 0.15) is 5.67 Å². The Kier molecular flexibility index (Phi) is 14.1. The van der Waals surface area contributed by atoms with E-state index < -0.39 is 5.67 Å². The van der Waals surface area contributed by atoms with Gasteiger partial charge in [-0.05, 0) is 91.5 Å². The van der Waals surface area contributed by atoms with Crippen LogP contribution in [0, 0.1) is 17.3 Å². The fourth-order valence-electron chi connectivity index (χ4n) is 4.59. The number of rotatable bonds is 6. The van der Waals surface area contributed by atoms with Crippen LogP contribution >= 0.6 is 0 Å². The van der Waals surface area contributed by atoms with Crippen LogP contribution in [-0.4, -0.2) is 12.0 Å². The molecule has 4 rings (SSSR count). The monoisotopic (exact) mass is 536 g/mol. The van der Waals surface area contributed by atoms with Crippen molar-refractivity contribution in [3.8, 4) is 0 Å². The minimum Gasteiger partial charge on any atom is -0.386 e. The zero-order valence-electron chi connectivity index (χ0n) is 26.8. The van der Waals surface area contributed by atoms with Crippen LogP contribution in [0.3, 0.4) is 0 Å². The molecule has 0 atom stereocenters. The fraction of sp³-hybridized carbons (Fsp3) is 0.556. The van der Waals surface area contributed by atoms with Crippen LogP contribution in [0.1, 0.15) is 111 Å². The van der Waals surface area contributed by atoms with Crippen molar-refractivity contribution in [2.75, 3.05) is 12.4 Å². The van der Waals surface area contributed by atoms with E-state index in [9.17, 15) is 4.39 Å². The number of H-pyrrole nitrogens is 1. The second-order valence-electron chi connectivity index (χ2n) is 13.0. The quantitative estimate of drug-likeness (QED) is 0.301. The van der Waals surface area contributed by atoms with Gasteiger partial charge in [-0.3, -0.25) is 0 Å². The predicted molar refractivity (Wildman–Crippen MR) is 174 cm³/mol. The van der Waals surface area contributed by atoms with Crippen molar-refractivity contribution in [2.24, 2.45) is 17.3 Å². The first-order valence-electron chi connectivity index (χ1n) is 14.9. The molecule has 1 heterocycles. The van der Waals surface area contributed by atoms with Gasteiger partial charge in [0, 0.05) is 24.1 Å². The van der Waals surface area contributed by atoms with Crippen molar-refractivity contribution in [3.63, 3.8) is 0 Å². The van der Waals surface area contributed by atoms with Gasteiger partial charge in [-0.2, -0.15) is 0 Å². The predicted octanol–water partition coefficient (Wildman–Crippen LogP) is 11.4. The van der Waals surface area contributed by atoms with E-state index in [2.05, 4.69) is 88.8 Å². The Labute approximate surface area is 239 Å². The average Bonchev–Trinajstić information content (AvgIpc) is 3.24. The lowest BCUT2D eigenvalue weighted by molar-refractivity contribution is 0.221. The number of nitrogens with one attached hydrogen (secondary N) is 2. The van der Waals surface area contributed by atoms with Crippen molar-refractivity contribution >= 4 is 16.6 Å². The Morgan fingerprint density at radius 1 is 1.00 bits per heavy atom. The molecule has 0 aliphatic heterocycles. The molecule has 0 amide bonds. The number of anilines is 1. The average molecular weight is 537 g/mol. The summed E-state index contributed by atoms with van der Waals surface area (Å²) in [6.07, 6.45) is 8.67. The van der Waals surface area contributed by atoms with Crippen LogP contribution in [0.4, 0.5) is 10.1 Å². The van der Waals surface area contributed by atoms with E-state index in [1.54, 1.807) is 13.8 Å². The van der Waals surface area contributed by atoms with Crippen molar-refractivity contribution in [1.82, 2.24) is 4.98 Å². The molecule has 1 aliphatic rings. The van der Waals surface area contributed by atoms with Crippen LogP contribution in [0.15, 0.2) is 61.3 Å². The topological polar surface area (TPSA) is 27.8 Å². The first-order chi connectivity index (χ1) is 18.2. The minimum atomic E-state index is -1.26. The molecule has 0 spiro atoms. The molecule has 3 aromatic rings. The maximum absolute atomic E-state index is 14.0. The Balaban J connectivity index is 0.000000494. The number of benzene rings is 2. The van der Waals surface area contributed by atoms with Gasteiger partial charge in [-0.25, -0.2) is 4.39 Å². The van der Waals surface area contributed by atoms with Gasteiger partial charge in [0.2, 0.25) is 0 Å². The summed E-state index contributed by atoms with van der Waals surface area (Å²) in [6.45, 7) is 24.0. The highest BCUT2D eigenvalue weighted by atomic mass is 19.1. The van der Waals surface area contributed by atoms with E-state index in [1.807, 2.05) is 45.3 Å². The fourth-order valence-corrected chi connectivity index (χ4v) is 4.59. The molecule has 2 aromatic carbocycles.